The van der Waals surface area contributed by atoms with Crippen molar-refractivity contribution in [1.82, 2.24) is 39.4 Å². The van der Waals surface area contributed by atoms with Crippen molar-refractivity contribution in [3.05, 3.63) is 40.1 Å². The molecule has 0 aliphatic carbocycles. The third-order valence-corrected chi connectivity index (χ3v) is 6.29. The Morgan fingerprint density at radius 3 is 2.65 bits per heavy atom. The van der Waals surface area contributed by atoms with E-state index in [0.29, 0.717) is 23.1 Å². The molecular weight excluding hydrogens is 468 g/mol. The number of carboxylic acids is 1. The van der Waals surface area contributed by atoms with E-state index in [-0.39, 0.29) is 32.8 Å². The number of fused-ring (bicyclic) bond motifs is 1. The SMILES string of the molecule is CCCc1nn(C)c2c(=O)[nH]c(-c3cc(S(=O)(=O)n4nnc(C(=O)O)n4)ccc3OCC)nc12. The minimum absolute atomic E-state index is 0.0844. The predicted molar refractivity (Wildman–Crippen MR) is 117 cm³/mol. The number of H-pyrrole nitrogens is 1. The van der Waals surface area contributed by atoms with Crippen LogP contribution in [-0.2, 0) is 23.5 Å². The molecule has 0 saturated heterocycles. The molecule has 15 heteroatoms. The lowest BCUT2D eigenvalue weighted by atomic mass is 10.1. The molecule has 0 radical (unpaired) electrons. The molecule has 0 aliphatic heterocycles. The summed E-state index contributed by atoms with van der Waals surface area (Å²) in [7, 11) is -2.76. The second-order valence-electron chi connectivity index (χ2n) is 7.17. The topological polar surface area (TPSA) is 188 Å². The molecule has 178 valence electrons. The fraction of sp³-hybridized carbons (Fsp3) is 0.316. The molecular formula is C19H20N8O6S. The highest BCUT2D eigenvalue weighted by atomic mass is 32.2. The van der Waals surface area contributed by atoms with Crippen LogP contribution < -0.4 is 10.3 Å². The molecule has 4 rings (SSSR count). The molecule has 0 bridgehead atoms. The number of hydrogen-bond acceptors (Lipinski definition) is 10. The van der Waals surface area contributed by atoms with Gasteiger partial charge in [-0.15, -0.1) is 5.10 Å². The maximum atomic E-state index is 13.0. The molecule has 3 aromatic heterocycles. The number of hydrogen-bond donors (Lipinski definition) is 2. The average Bonchev–Trinajstić information content (AvgIpc) is 3.41. The number of aromatic carboxylic acids is 1. The van der Waals surface area contributed by atoms with Gasteiger partial charge in [0.1, 0.15) is 17.1 Å². The molecule has 0 spiro atoms. The van der Waals surface area contributed by atoms with Gasteiger partial charge in [0, 0.05) is 7.05 Å². The van der Waals surface area contributed by atoms with Crippen molar-refractivity contribution in [2.75, 3.05) is 6.61 Å². The van der Waals surface area contributed by atoms with Gasteiger partial charge in [0.25, 0.3) is 11.4 Å². The van der Waals surface area contributed by atoms with Crippen LogP contribution in [0.2, 0.25) is 0 Å². The molecule has 3 heterocycles. The Morgan fingerprint density at radius 2 is 2.00 bits per heavy atom. The van der Waals surface area contributed by atoms with Crippen molar-refractivity contribution in [2.45, 2.75) is 31.6 Å². The first-order chi connectivity index (χ1) is 16.2. The van der Waals surface area contributed by atoms with Crippen LogP contribution in [0.25, 0.3) is 22.4 Å². The van der Waals surface area contributed by atoms with Crippen molar-refractivity contribution in [1.29, 1.82) is 0 Å². The summed E-state index contributed by atoms with van der Waals surface area (Å²) in [6.45, 7) is 4.00. The third kappa shape index (κ3) is 3.89. The minimum atomic E-state index is -4.40. The summed E-state index contributed by atoms with van der Waals surface area (Å²) in [6, 6.07) is 3.89. The van der Waals surface area contributed by atoms with E-state index in [2.05, 4.69) is 30.5 Å². The van der Waals surface area contributed by atoms with Gasteiger partial charge in [-0.3, -0.25) is 9.48 Å². The Bertz CT molecular complexity index is 1570. The molecule has 0 atom stereocenters. The van der Waals surface area contributed by atoms with Crippen molar-refractivity contribution >= 4 is 27.0 Å². The van der Waals surface area contributed by atoms with Gasteiger partial charge in [-0.05, 0) is 41.0 Å². The number of carboxylic acid groups (broad SMARTS) is 1. The highest BCUT2D eigenvalue weighted by Crippen LogP contribution is 2.31. The number of tetrazole rings is 1. The summed E-state index contributed by atoms with van der Waals surface area (Å²) in [5.74, 6) is -1.93. The number of aryl methyl sites for hydroxylation is 2. The summed E-state index contributed by atoms with van der Waals surface area (Å²) >= 11 is 0. The molecule has 0 fully saturated rings. The van der Waals surface area contributed by atoms with Gasteiger partial charge >= 0.3 is 16.0 Å². The summed E-state index contributed by atoms with van der Waals surface area (Å²) < 4.78 is 33.3. The van der Waals surface area contributed by atoms with Crippen molar-refractivity contribution in [3.63, 3.8) is 0 Å². The van der Waals surface area contributed by atoms with Gasteiger partial charge in [-0.1, -0.05) is 18.4 Å². The number of ether oxygens (including phenoxy) is 1. The van der Waals surface area contributed by atoms with Crippen molar-refractivity contribution in [2.24, 2.45) is 7.05 Å². The standard InChI is InChI=1S/C19H20N8O6S/c1-4-6-12-14-15(26(3)23-12)18(28)21-16(20-14)11-9-10(7-8-13(11)33-5-2)34(31,32)27-24-17(19(29)30)22-25-27/h7-9H,4-6H2,1-3H3,(H,29,30)(H,20,21,28). The molecule has 4 aromatic rings. The molecule has 0 unspecified atom stereocenters. The van der Waals surface area contributed by atoms with E-state index < -0.39 is 27.4 Å². The Hall–Kier alpha value is -4.14. The summed E-state index contributed by atoms with van der Waals surface area (Å²) in [6.07, 6.45) is 1.39. The lowest BCUT2D eigenvalue weighted by molar-refractivity contribution is 0.0683. The van der Waals surface area contributed by atoms with E-state index in [0.717, 1.165) is 6.42 Å². The lowest BCUT2D eigenvalue weighted by Gasteiger charge is -2.12. The van der Waals surface area contributed by atoms with Gasteiger partial charge in [0.2, 0.25) is 0 Å². The number of aromatic nitrogens is 8. The third-order valence-electron chi connectivity index (χ3n) is 4.86. The van der Waals surface area contributed by atoms with Crippen LogP contribution in [0.1, 0.15) is 36.6 Å². The van der Waals surface area contributed by atoms with Crippen LogP contribution in [0, 0.1) is 0 Å². The highest BCUT2D eigenvalue weighted by molar-refractivity contribution is 7.89. The minimum Gasteiger partial charge on any atom is -0.493 e. The largest absolute Gasteiger partial charge is 0.493 e. The maximum Gasteiger partial charge on any atom is 0.377 e. The Balaban J connectivity index is 1.91. The van der Waals surface area contributed by atoms with Gasteiger partial charge in [0.15, 0.2) is 5.52 Å². The van der Waals surface area contributed by atoms with E-state index in [4.69, 9.17) is 9.84 Å². The number of benzene rings is 1. The molecule has 0 aliphatic rings. The first-order valence-corrected chi connectivity index (χ1v) is 11.6. The molecule has 34 heavy (non-hydrogen) atoms. The van der Waals surface area contributed by atoms with Crippen LogP contribution in [-0.4, -0.2) is 65.5 Å². The molecule has 0 amide bonds. The van der Waals surface area contributed by atoms with E-state index in [1.54, 1.807) is 14.0 Å². The average molecular weight is 488 g/mol. The van der Waals surface area contributed by atoms with E-state index in [1.165, 1.54) is 22.9 Å². The van der Waals surface area contributed by atoms with Crippen LogP contribution in [0.15, 0.2) is 27.9 Å². The van der Waals surface area contributed by atoms with Crippen LogP contribution in [0.5, 0.6) is 5.75 Å². The van der Waals surface area contributed by atoms with Crippen LogP contribution in [0.3, 0.4) is 0 Å². The summed E-state index contributed by atoms with van der Waals surface area (Å²) in [4.78, 5) is 30.8. The quantitative estimate of drug-likeness (QED) is 0.353. The molecule has 14 nitrogen and oxygen atoms in total. The predicted octanol–water partition coefficient (Wildman–Crippen LogP) is 0.596. The molecule has 2 N–H and O–H groups in total. The number of rotatable bonds is 8. The number of nitrogens with zero attached hydrogens (tertiary/aromatic N) is 7. The smallest absolute Gasteiger partial charge is 0.377 e. The molecule has 1 aromatic carbocycles. The zero-order valence-corrected chi connectivity index (χ0v) is 19.2. The second kappa shape index (κ2) is 8.66. The monoisotopic (exact) mass is 488 g/mol. The summed E-state index contributed by atoms with van der Waals surface area (Å²) in [5, 5.41) is 23.3. The Morgan fingerprint density at radius 1 is 1.24 bits per heavy atom. The molecule has 0 saturated carbocycles. The fourth-order valence-electron chi connectivity index (χ4n) is 3.40. The number of carbonyl (C=O) groups is 1. The second-order valence-corrected chi connectivity index (χ2v) is 8.92. The summed E-state index contributed by atoms with van der Waals surface area (Å²) in [5.41, 5.74) is 1.09. The Labute approximate surface area is 192 Å². The first kappa shape index (κ1) is 23.0. The van der Waals surface area contributed by atoms with Crippen LogP contribution in [0.4, 0.5) is 0 Å². The van der Waals surface area contributed by atoms with Gasteiger partial charge in [0.05, 0.1) is 22.8 Å². The van der Waals surface area contributed by atoms with Crippen molar-refractivity contribution < 1.29 is 23.1 Å². The number of aromatic amines is 1. The number of nitrogens with one attached hydrogen (secondary N) is 1. The van der Waals surface area contributed by atoms with Crippen molar-refractivity contribution in [3.8, 4) is 17.1 Å². The van der Waals surface area contributed by atoms with Gasteiger partial charge < -0.3 is 14.8 Å². The van der Waals surface area contributed by atoms with Gasteiger partial charge in [-0.2, -0.15) is 13.5 Å². The maximum absolute atomic E-state index is 13.0. The fourth-order valence-corrected chi connectivity index (χ4v) is 4.41. The highest BCUT2D eigenvalue weighted by Gasteiger charge is 2.25. The van der Waals surface area contributed by atoms with Gasteiger partial charge in [-0.25, -0.2) is 9.78 Å². The Kier molecular flexibility index (Phi) is 5.87. The zero-order valence-electron chi connectivity index (χ0n) is 18.4. The van der Waals surface area contributed by atoms with E-state index in [9.17, 15) is 18.0 Å². The van der Waals surface area contributed by atoms with E-state index >= 15 is 0 Å². The first-order valence-electron chi connectivity index (χ1n) is 10.2. The normalized spacial score (nSPS) is 11.7. The van der Waals surface area contributed by atoms with Crippen LogP contribution >= 0.6 is 0 Å². The zero-order chi connectivity index (χ0) is 24.6. The lowest BCUT2D eigenvalue weighted by Crippen LogP contribution is -2.17. The van der Waals surface area contributed by atoms with E-state index in [1.807, 2.05) is 6.92 Å².